The van der Waals surface area contributed by atoms with Crippen molar-refractivity contribution >= 4 is 23.4 Å². The number of nitro benzene ring substituents is 1. The number of carbonyl (C=O) groups is 1. The number of nitrogens with zero attached hydrogens (tertiary/aromatic N) is 2. The molecule has 0 radical (unpaired) electrons. The first-order valence-electron chi connectivity index (χ1n) is 6.32. The highest BCUT2D eigenvalue weighted by Crippen LogP contribution is 2.13. The van der Waals surface area contributed by atoms with Crippen molar-refractivity contribution < 1.29 is 9.72 Å². The molecule has 2 aromatic carbocycles. The Balaban J connectivity index is 1.98. The number of nitrogens with one attached hydrogen (secondary N) is 1. The van der Waals surface area contributed by atoms with E-state index in [9.17, 15) is 14.9 Å². The molecule has 0 unspecified atom stereocenters. The van der Waals surface area contributed by atoms with E-state index in [1.54, 1.807) is 42.5 Å². The number of amides is 1. The summed E-state index contributed by atoms with van der Waals surface area (Å²) in [5.74, 6) is -0.330. The maximum absolute atomic E-state index is 11.7. The summed E-state index contributed by atoms with van der Waals surface area (Å²) in [6.07, 6.45) is 2.89. The zero-order valence-corrected chi connectivity index (χ0v) is 11.4. The molecule has 6 heteroatoms. The van der Waals surface area contributed by atoms with Gasteiger partial charge < -0.3 is 5.32 Å². The highest BCUT2D eigenvalue weighted by atomic mass is 16.6. The Kier molecular flexibility index (Phi) is 4.63. The standard InChI is InChI=1S/C16H11N3O3/c17-11-13-1-6-14(7-2-13)18-16(20)10-5-12-3-8-15(9-4-12)19(21)22/h1-10H,(H,18,20)/b10-5+. The molecule has 0 fully saturated rings. The SMILES string of the molecule is N#Cc1ccc(NC(=O)/C=C/c2ccc([N+](=O)[O-])cc2)cc1. The van der Waals surface area contributed by atoms with Gasteiger partial charge in [0, 0.05) is 23.9 Å². The molecule has 0 atom stereocenters. The number of hydrogen-bond donors (Lipinski definition) is 1. The fourth-order valence-corrected chi connectivity index (χ4v) is 1.69. The number of benzene rings is 2. The van der Waals surface area contributed by atoms with Crippen LogP contribution < -0.4 is 5.32 Å². The van der Waals surface area contributed by atoms with Crippen LogP contribution in [0.1, 0.15) is 11.1 Å². The lowest BCUT2D eigenvalue weighted by Gasteiger charge is -2.01. The van der Waals surface area contributed by atoms with Crippen molar-refractivity contribution in [3.8, 4) is 6.07 Å². The maximum atomic E-state index is 11.7. The molecule has 2 aromatic rings. The van der Waals surface area contributed by atoms with Gasteiger partial charge >= 0.3 is 0 Å². The summed E-state index contributed by atoms with van der Waals surface area (Å²) in [4.78, 5) is 21.8. The van der Waals surface area contributed by atoms with Crippen LogP contribution in [-0.4, -0.2) is 10.8 Å². The molecule has 0 heterocycles. The van der Waals surface area contributed by atoms with Crippen LogP contribution in [0.25, 0.3) is 6.08 Å². The summed E-state index contributed by atoms with van der Waals surface area (Å²) in [6.45, 7) is 0. The van der Waals surface area contributed by atoms with Crippen LogP contribution in [0, 0.1) is 21.4 Å². The minimum absolute atomic E-state index is 0.000755. The number of anilines is 1. The quantitative estimate of drug-likeness (QED) is 0.532. The van der Waals surface area contributed by atoms with E-state index >= 15 is 0 Å². The van der Waals surface area contributed by atoms with E-state index in [4.69, 9.17) is 5.26 Å². The van der Waals surface area contributed by atoms with E-state index in [1.165, 1.54) is 18.2 Å². The van der Waals surface area contributed by atoms with Crippen molar-refractivity contribution in [2.24, 2.45) is 0 Å². The van der Waals surface area contributed by atoms with Gasteiger partial charge in [0.2, 0.25) is 5.91 Å². The average molecular weight is 293 g/mol. The van der Waals surface area contributed by atoms with E-state index < -0.39 is 4.92 Å². The monoisotopic (exact) mass is 293 g/mol. The number of rotatable bonds is 4. The first-order valence-corrected chi connectivity index (χ1v) is 6.32. The number of non-ortho nitro benzene ring substituents is 1. The highest BCUT2D eigenvalue weighted by molar-refractivity contribution is 6.01. The van der Waals surface area contributed by atoms with Crippen LogP contribution in [0.2, 0.25) is 0 Å². The third-order valence-electron chi connectivity index (χ3n) is 2.81. The Morgan fingerprint density at radius 3 is 2.32 bits per heavy atom. The molecule has 0 saturated carbocycles. The van der Waals surface area contributed by atoms with Gasteiger partial charge in [0.15, 0.2) is 0 Å². The molecule has 22 heavy (non-hydrogen) atoms. The van der Waals surface area contributed by atoms with Crippen LogP contribution in [0.15, 0.2) is 54.6 Å². The summed E-state index contributed by atoms with van der Waals surface area (Å²) >= 11 is 0. The fourth-order valence-electron chi connectivity index (χ4n) is 1.69. The first-order chi connectivity index (χ1) is 10.6. The van der Waals surface area contributed by atoms with Crippen LogP contribution >= 0.6 is 0 Å². The van der Waals surface area contributed by atoms with Gasteiger partial charge in [-0.05, 0) is 48.0 Å². The molecule has 0 aliphatic rings. The van der Waals surface area contributed by atoms with Gasteiger partial charge in [0.1, 0.15) is 0 Å². The van der Waals surface area contributed by atoms with Crippen LogP contribution in [0.3, 0.4) is 0 Å². The molecule has 6 nitrogen and oxygen atoms in total. The summed E-state index contributed by atoms with van der Waals surface area (Å²) in [5, 5.41) is 21.9. The van der Waals surface area contributed by atoms with E-state index in [-0.39, 0.29) is 11.6 Å². The zero-order valence-electron chi connectivity index (χ0n) is 11.4. The molecular formula is C16H11N3O3. The Morgan fingerprint density at radius 2 is 1.77 bits per heavy atom. The molecule has 2 rings (SSSR count). The van der Waals surface area contributed by atoms with Gasteiger partial charge in [-0.1, -0.05) is 0 Å². The maximum Gasteiger partial charge on any atom is 0.269 e. The number of hydrogen-bond acceptors (Lipinski definition) is 4. The lowest BCUT2D eigenvalue weighted by atomic mass is 10.2. The second-order valence-electron chi connectivity index (χ2n) is 4.36. The van der Waals surface area contributed by atoms with Gasteiger partial charge in [-0.15, -0.1) is 0 Å². The lowest BCUT2D eigenvalue weighted by molar-refractivity contribution is -0.384. The van der Waals surface area contributed by atoms with Crippen molar-refractivity contribution in [1.29, 1.82) is 5.26 Å². The van der Waals surface area contributed by atoms with Crippen LogP contribution in [0.4, 0.5) is 11.4 Å². The van der Waals surface area contributed by atoms with Crippen molar-refractivity contribution in [2.75, 3.05) is 5.32 Å². The smallest absolute Gasteiger partial charge is 0.269 e. The van der Waals surface area contributed by atoms with Gasteiger partial charge in [-0.2, -0.15) is 5.26 Å². The van der Waals surface area contributed by atoms with Gasteiger partial charge in [0.25, 0.3) is 5.69 Å². The number of nitriles is 1. The van der Waals surface area contributed by atoms with E-state index in [2.05, 4.69) is 5.32 Å². The Morgan fingerprint density at radius 1 is 1.14 bits per heavy atom. The fraction of sp³-hybridized carbons (Fsp3) is 0. The zero-order chi connectivity index (χ0) is 15.9. The Labute approximate surface area is 126 Å². The number of carbonyl (C=O) groups excluding carboxylic acids is 1. The molecule has 0 aliphatic carbocycles. The van der Waals surface area contributed by atoms with Crippen molar-refractivity contribution in [2.45, 2.75) is 0 Å². The summed E-state index contributed by atoms with van der Waals surface area (Å²) in [6, 6.07) is 14.3. The molecule has 0 spiro atoms. The van der Waals surface area contributed by atoms with Crippen molar-refractivity contribution in [1.82, 2.24) is 0 Å². The second kappa shape index (κ2) is 6.81. The van der Waals surface area contributed by atoms with Crippen LogP contribution in [-0.2, 0) is 4.79 Å². The molecule has 0 bridgehead atoms. The summed E-state index contributed by atoms with van der Waals surface area (Å²) in [5.41, 5.74) is 1.77. The Bertz CT molecular complexity index is 757. The van der Waals surface area contributed by atoms with E-state index in [1.807, 2.05) is 6.07 Å². The molecule has 1 amide bonds. The van der Waals surface area contributed by atoms with Gasteiger partial charge in [-0.25, -0.2) is 0 Å². The topological polar surface area (TPSA) is 96.0 Å². The normalized spacial score (nSPS) is 10.1. The third kappa shape index (κ3) is 4.02. The predicted molar refractivity (Wildman–Crippen MR) is 81.9 cm³/mol. The second-order valence-corrected chi connectivity index (χ2v) is 4.36. The van der Waals surface area contributed by atoms with E-state index in [0.717, 1.165) is 0 Å². The Hall–Kier alpha value is -3.46. The average Bonchev–Trinajstić information content (AvgIpc) is 2.54. The van der Waals surface area contributed by atoms with Crippen molar-refractivity contribution in [3.63, 3.8) is 0 Å². The third-order valence-corrected chi connectivity index (χ3v) is 2.81. The molecule has 1 N–H and O–H groups in total. The summed E-state index contributed by atoms with van der Waals surface area (Å²) in [7, 11) is 0. The highest BCUT2D eigenvalue weighted by Gasteiger charge is 2.03. The van der Waals surface area contributed by atoms with Gasteiger partial charge in [-0.3, -0.25) is 14.9 Å². The summed E-state index contributed by atoms with van der Waals surface area (Å²) < 4.78 is 0. The number of nitro groups is 1. The van der Waals surface area contributed by atoms with Crippen LogP contribution in [0.5, 0.6) is 0 Å². The molecular weight excluding hydrogens is 282 g/mol. The molecule has 0 saturated heterocycles. The minimum atomic E-state index is -0.481. The molecule has 108 valence electrons. The van der Waals surface area contributed by atoms with Crippen molar-refractivity contribution in [3.05, 3.63) is 75.8 Å². The molecule has 0 aromatic heterocycles. The first kappa shape index (κ1) is 14.9. The van der Waals surface area contributed by atoms with Gasteiger partial charge in [0.05, 0.1) is 16.6 Å². The van der Waals surface area contributed by atoms with E-state index in [0.29, 0.717) is 16.8 Å². The predicted octanol–water partition coefficient (Wildman–Crippen LogP) is 3.12. The largest absolute Gasteiger partial charge is 0.323 e. The lowest BCUT2D eigenvalue weighted by Crippen LogP contribution is -2.07. The molecule has 0 aliphatic heterocycles. The minimum Gasteiger partial charge on any atom is -0.323 e.